The molecule has 0 bridgehead atoms. The molecule has 4 aromatic rings. The molecule has 2 aliphatic rings. The number of allylic oxidation sites excluding steroid dienone is 1. The van der Waals surface area contributed by atoms with Crippen molar-refractivity contribution in [2.75, 3.05) is 13.4 Å². The first kappa shape index (κ1) is 25.0. The first-order chi connectivity index (χ1) is 18.8. The van der Waals surface area contributed by atoms with E-state index in [0.29, 0.717) is 37.9 Å². The van der Waals surface area contributed by atoms with E-state index in [2.05, 4.69) is 9.56 Å². The predicted octanol–water partition coefficient (Wildman–Crippen LogP) is 3.84. The standard InChI is InChI=1S/C29H27N3O6S/c1-6-35-28(34)25-17(4)30-29-32(26(25)22-9-7-16(3)38-22)27(33)24(39-29)12-19-11-15(2)31(18(19)5)20-8-10-21-23(13-20)37-14-36-21/h7-13,26H,6,14H2,1-5H3/b24-12+/t26-/m0/s1. The van der Waals surface area contributed by atoms with Crippen molar-refractivity contribution in [3.05, 3.63) is 95.8 Å². The molecule has 3 aromatic heterocycles. The number of benzene rings is 1. The van der Waals surface area contributed by atoms with E-state index in [-0.39, 0.29) is 19.0 Å². The molecule has 0 aliphatic carbocycles. The highest BCUT2D eigenvalue weighted by atomic mass is 32.1. The first-order valence-corrected chi connectivity index (χ1v) is 13.4. The molecule has 0 N–H and O–H groups in total. The van der Waals surface area contributed by atoms with Crippen LogP contribution in [0.2, 0.25) is 0 Å². The molecule has 0 unspecified atom stereocenters. The van der Waals surface area contributed by atoms with Crippen LogP contribution in [0.4, 0.5) is 0 Å². The summed E-state index contributed by atoms with van der Waals surface area (Å²) in [4.78, 5) is 32.0. The SMILES string of the molecule is CCOC(=O)C1=C(C)N=c2s/c(=C/c3cc(C)n(-c4ccc5c(c4)OCO5)c3C)c(=O)n2[C@H]1c1ccc(C)o1. The maximum atomic E-state index is 13.9. The minimum Gasteiger partial charge on any atom is -0.464 e. The zero-order valence-electron chi connectivity index (χ0n) is 22.2. The summed E-state index contributed by atoms with van der Waals surface area (Å²) in [5.41, 5.74) is 4.38. The molecule has 0 spiro atoms. The normalized spacial score (nSPS) is 16.4. The van der Waals surface area contributed by atoms with Gasteiger partial charge in [-0.1, -0.05) is 11.3 Å². The molecule has 200 valence electrons. The highest BCUT2D eigenvalue weighted by Crippen LogP contribution is 2.35. The summed E-state index contributed by atoms with van der Waals surface area (Å²) in [7, 11) is 0. The number of thiazole rings is 1. The summed E-state index contributed by atoms with van der Waals surface area (Å²) in [6, 6.07) is 10.7. The van der Waals surface area contributed by atoms with Crippen LogP contribution in [-0.2, 0) is 9.53 Å². The summed E-state index contributed by atoms with van der Waals surface area (Å²) in [6.45, 7) is 9.78. The number of fused-ring (bicyclic) bond motifs is 2. The molecule has 1 aromatic carbocycles. The number of carbonyl (C=O) groups excluding carboxylic acids is 1. The fourth-order valence-electron chi connectivity index (χ4n) is 5.16. The lowest BCUT2D eigenvalue weighted by Crippen LogP contribution is -2.39. The second-order valence-electron chi connectivity index (χ2n) is 9.45. The van der Waals surface area contributed by atoms with Gasteiger partial charge in [0.05, 0.1) is 22.4 Å². The number of nitrogens with zero attached hydrogens (tertiary/aromatic N) is 3. The van der Waals surface area contributed by atoms with Gasteiger partial charge in [0.2, 0.25) is 6.79 Å². The minimum atomic E-state index is -0.766. The van der Waals surface area contributed by atoms with Crippen molar-refractivity contribution < 1.29 is 23.4 Å². The Bertz CT molecular complexity index is 1850. The van der Waals surface area contributed by atoms with Crippen molar-refractivity contribution in [2.45, 2.75) is 40.7 Å². The number of rotatable bonds is 5. The zero-order chi connectivity index (χ0) is 27.4. The van der Waals surface area contributed by atoms with Crippen LogP contribution in [0.25, 0.3) is 11.8 Å². The number of carbonyl (C=O) groups is 1. The molecule has 10 heteroatoms. The summed E-state index contributed by atoms with van der Waals surface area (Å²) >= 11 is 1.28. The Morgan fingerprint density at radius 2 is 1.92 bits per heavy atom. The number of hydrogen-bond acceptors (Lipinski definition) is 8. The lowest BCUT2D eigenvalue weighted by molar-refractivity contribution is -0.139. The van der Waals surface area contributed by atoms with E-state index in [1.807, 2.05) is 57.2 Å². The fourth-order valence-corrected chi connectivity index (χ4v) is 6.20. The number of hydrogen-bond donors (Lipinski definition) is 0. The fraction of sp³-hybridized carbons (Fsp3) is 0.276. The Kier molecular flexibility index (Phi) is 6.06. The van der Waals surface area contributed by atoms with Gasteiger partial charge >= 0.3 is 5.97 Å². The van der Waals surface area contributed by atoms with Crippen molar-refractivity contribution >= 4 is 23.4 Å². The summed E-state index contributed by atoms with van der Waals surface area (Å²) in [6.07, 6.45) is 1.88. The van der Waals surface area contributed by atoms with Crippen LogP contribution < -0.4 is 24.4 Å². The molecule has 1 atom stereocenters. The second-order valence-corrected chi connectivity index (χ2v) is 10.5. The smallest absolute Gasteiger partial charge is 0.338 e. The van der Waals surface area contributed by atoms with Gasteiger partial charge in [-0.15, -0.1) is 0 Å². The molecular weight excluding hydrogens is 518 g/mol. The van der Waals surface area contributed by atoms with Crippen molar-refractivity contribution in [1.82, 2.24) is 9.13 Å². The van der Waals surface area contributed by atoms with Crippen LogP contribution in [0.3, 0.4) is 0 Å². The van der Waals surface area contributed by atoms with Gasteiger partial charge < -0.3 is 23.2 Å². The number of ether oxygens (including phenoxy) is 3. The van der Waals surface area contributed by atoms with Crippen LogP contribution in [0.1, 0.15) is 48.4 Å². The van der Waals surface area contributed by atoms with E-state index in [4.69, 9.17) is 18.6 Å². The second kappa shape index (κ2) is 9.46. The number of esters is 1. The van der Waals surface area contributed by atoms with Gasteiger partial charge in [0.25, 0.3) is 5.56 Å². The van der Waals surface area contributed by atoms with E-state index in [1.165, 1.54) is 15.9 Å². The molecule has 2 aliphatic heterocycles. The van der Waals surface area contributed by atoms with Gasteiger partial charge in [0.15, 0.2) is 16.3 Å². The van der Waals surface area contributed by atoms with Crippen LogP contribution >= 0.6 is 11.3 Å². The Labute approximate surface area is 227 Å². The van der Waals surface area contributed by atoms with Crippen LogP contribution in [-0.4, -0.2) is 28.5 Å². The molecule has 5 heterocycles. The van der Waals surface area contributed by atoms with Gasteiger partial charge in [-0.25, -0.2) is 9.79 Å². The molecule has 0 amide bonds. The number of aromatic nitrogens is 2. The zero-order valence-corrected chi connectivity index (χ0v) is 23.0. The van der Waals surface area contributed by atoms with Crippen LogP contribution in [0.15, 0.2) is 61.9 Å². The molecular formula is C29H27N3O6S. The predicted molar refractivity (Wildman–Crippen MR) is 145 cm³/mol. The van der Waals surface area contributed by atoms with Crippen LogP contribution in [0.5, 0.6) is 11.5 Å². The third-order valence-corrected chi connectivity index (χ3v) is 7.90. The lowest BCUT2D eigenvalue weighted by atomic mass is 10.0. The molecule has 9 nitrogen and oxygen atoms in total. The highest BCUT2D eigenvalue weighted by Gasteiger charge is 2.35. The van der Waals surface area contributed by atoms with Crippen molar-refractivity contribution in [3.8, 4) is 17.2 Å². The van der Waals surface area contributed by atoms with Crippen molar-refractivity contribution in [1.29, 1.82) is 0 Å². The average molecular weight is 546 g/mol. The van der Waals surface area contributed by atoms with E-state index >= 15 is 0 Å². The van der Waals surface area contributed by atoms with Gasteiger partial charge in [0.1, 0.15) is 17.6 Å². The van der Waals surface area contributed by atoms with Gasteiger partial charge in [-0.2, -0.15) is 0 Å². The van der Waals surface area contributed by atoms with Crippen LogP contribution in [0, 0.1) is 20.8 Å². The Balaban J connectivity index is 1.49. The Hall–Kier alpha value is -4.31. The monoisotopic (exact) mass is 545 g/mol. The summed E-state index contributed by atoms with van der Waals surface area (Å²) in [5.74, 6) is 2.08. The summed E-state index contributed by atoms with van der Waals surface area (Å²) in [5, 5.41) is 0. The molecule has 6 rings (SSSR count). The van der Waals surface area contributed by atoms with Gasteiger partial charge in [-0.3, -0.25) is 9.36 Å². The lowest BCUT2D eigenvalue weighted by Gasteiger charge is -2.22. The number of furan rings is 1. The Morgan fingerprint density at radius 3 is 2.67 bits per heavy atom. The maximum Gasteiger partial charge on any atom is 0.338 e. The highest BCUT2D eigenvalue weighted by molar-refractivity contribution is 7.07. The topological polar surface area (TPSA) is 97.2 Å². The molecule has 0 saturated heterocycles. The van der Waals surface area contributed by atoms with Crippen molar-refractivity contribution in [2.24, 2.45) is 4.99 Å². The third-order valence-electron chi connectivity index (χ3n) is 6.92. The van der Waals surface area contributed by atoms with E-state index < -0.39 is 12.0 Å². The number of aryl methyl sites for hydroxylation is 2. The first-order valence-electron chi connectivity index (χ1n) is 12.6. The summed E-state index contributed by atoms with van der Waals surface area (Å²) < 4.78 is 26.4. The van der Waals surface area contributed by atoms with E-state index in [1.54, 1.807) is 19.9 Å². The third kappa shape index (κ3) is 4.11. The molecule has 0 fully saturated rings. The quantitative estimate of drug-likeness (QED) is 0.354. The maximum absolute atomic E-state index is 13.9. The van der Waals surface area contributed by atoms with E-state index in [9.17, 15) is 9.59 Å². The molecule has 0 radical (unpaired) electrons. The largest absolute Gasteiger partial charge is 0.464 e. The average Bonchev–Trinajstić information content (AvgIpc) is 3.66. The minimum absolute atomic E-state index is 0.211. The molecule has 39 heavy (non-hydrogen) atoms. The van der Waals surface area contributed by atoms with E-state index in [0.717, 1.165) is 28.4 Å². The Morgan fingerprint density at radius 1 is 1.13 bits per heavy atom. The van der Waals surface area contributed by atoms with Gasteiger partial charge in [0, 0.05) is 23.1 Å². The van der Waals surface area contributed by atoms with Crippen molar-refractivity contribution in [3.63, 3.8) is 0 Å². The van der Waals surface area contributed by atoms with Gasteiger partial charge in [-0.05, 0) is 76.6 Å². The molecule has 0 saturated carbocycles.